The number of anilines is 3. The number of carbonyl (C=O) groups is 1. The normalized spacial score (nSPS) is 10.3. The molecule has 0 fully saturated rings. The van der Waals surface area contributed by atoms with E-state index in [1.165, 1.54) is 30.5 Å². The maximum absolute atomic E-state index is 14.8. The highest BCUT2D eigenvalue weighted by atomic mass is 35.5. The zero-order valence-electron chi connectivity index (χ0n) is 15.8. The van der Waals surface area contributed by atoms with Gasteiger partial charge in [0.2, 0.25) is 0 Å². The van der Waals surface area contributed by atoms with Gasteiger partial charge in [0.05, 0.1) is 16.9 Å². The second-order valence-corrected chi connectivity index (χ2v) is 6.31. The second kappa shape index (κ2) is 9.48. The van der Waals surface area contributed by atoms with Gasteiger partial charge < -0.3 is 16.2 Å². The van der Waals surface area contributed by atoms with Crippen molar-refractivity contribution in [3.05, 3.63) is 88.6 Å². The van der Waals surface area contributed by atoms with Crippen LogP contribution in [0.2, 0.25) is 0 Å². The highest BCUT2D eigenvalue weighted by Crippen LogP contribution is 2.31. The van der Waals surface area contributed by atoms with Crippen LogP contribution in [0.15, 0.2) is 43.1 Å². The van der Waals surface area contributed by atoms with Crippen LogP contribution in [0.4, 0.5) is 34.8 Å². The molecule has 10 heteroatoms. The van der Waals surface area contributed by atoms with Crippen LogP contribution in [0.1, 0.15) is 27.0 Å². The summed E-state index contributed by atoms with van der Waals surface area (Å²) >= 11 is 0. The van der Waals surface area contributed by atoms with Crippen molar-refractivity contribution in [3.8, 4) is 0 Å². The number of nitrogens with zero attached hydrogens (tertiary/aromatic N) is 1. The molecule has 3 rings (SSSR count). The lowest BCUT2D eigenvalue weighted by atomic mass is 10.00. The van der Waals surface area contributed by atoms with Crippen LogP contribution >= 0.6 is 12.4 Å². The average molecular weight is 454 g/mol. The zero-order chi connectivity index (χ0) is 22.0. The van der Waals surface area contributed by atoms with Gasteiger partial charge in [-0.15, -0.1) is 12.4 Å². The van der Waals surface area contributed by atoms with Crippen molar-refractivity contribution in [2.45, 2.75) is 6.42 Å². The number of nitrogens with two attached hydrogens (primary N) is 1. The van der Waals surface area contributed by atoms with Crippen molar-refractivity contribution >= 4 is 41.6 Å². The van der Waals surface area contributed by atoms with Gasteiger partial charge in [0.15, 0.2) is 23.3 Å². The lowest BCUT2D eigenvalue weighted by molar-refractivity contribution is 0.0697. The molecular formula is C21H16ClF4N3O2. The van der Waals surface area contributed by atoms with E-state index in [-0.39, 0.29) is 23.7 Å². The molecule has 0 saturated carbocycles. The molecule has 4 N–H and O–H groups in total. The molecule has 0 unspecified atom stereocenters. The summed E-state index contributed by atoms with van der Waals surface area (Å²) < 4.78 is 57.7. The van der Waals surface area contributed by atoms with E-state index in [1.54, 1.807) is 0 Å². The SMILES string of the molecule is C=Cc1ccc(Nc2c(C(=O)O)cc(Cc3ccnc(N)c3F)c(F)c2F)c(F)c1.Cl. The molecule has 0 aliphatic rings. The van der Waals surface area contributed by atoms with Crippen LogP contribution in [-0.2, 0) is 6.42 Å². The number of nitrogen functional groups attached to an aromatic ring is 1. The Hall–Kier alpha value is -3.59. The van der Waals surface area contributed by atoms with Crippen LogP contribution in [0.5, 0.6) is 0 Å². The number of aromatic carboxylic acids is 1. The first-order valence-electron chi connectivity index (χ1n) is 8.55. The number of carboxylic acid groups (broad SMARTS) is 1. The number of benzene rings is 2. The summed E-state index contributed by atoms with van der Waals surface area (Å²) in [6.45, 7) is 3.49. The predicted molar refractivity (Wildman–Crippen MR) is 112 cm³/mol. The summed E-state index contributed by atoms with van der Waals surface area (Å²) in [6.07, 6.45) is 2.10. The molecule has 0 aliphatic heterocycles. The van der Waals surface area contributed by atoms with Gasteiger partial charge in [0.25, 0.3) is 0 Å². The standard InChI is InChI=1S/C21H15F4N3O2.ClH/c1-2-10-3-4-15(14(22)7-10)28-19-13(21(29)30)9-12(16(23)18(19)25)8-11-5-6-27-20(26)17(11)24;/h2-7,9,28H,1,8H2,(H2,26,27)(H,29,30);1H. The van der Waals surface area contributed by atoms with E-state index in [0.29, 0.717) is 5.56 Å². The lowest BCUT2D eigenvalue weighted by Gasteiger charge is -2.15. The van der Waals surface area contributed by atoms with Crippen LogP contribution < -0.4 is 11.1 Å². The molecule has 0 atom stereocenters. The number of hydrogen-bond donors (Lipinski definition) is 3. The Morgan fingerprint density at radius 1 is 1.10 bits per heavy atom. The van der Waals surface area contributed by atoms with E-state index in [9.17, 15) is 27.5 Å². The summed E-state index contributed by atoms with van der Waals surface area (Å²) in [5, 5.41) is 11.7. The third kappa shape index (κ3) is 4.77. The van der Waals surface area contributed by atoms with Crippen molar-refractivity contribution < 1.29 is 27.5 Å². The topological polar surface area (TPSA) is 88.2 Å². The Labute approximate surface area is 180 Å². The smallest absolute Gasteiger partial charge is 0.337 e. The summed E-state index contributed by atoms with van der Waals surface area (Å²) in [7, 11) is 0. The molecule has 3 aromatic rings. The van der Waals surface area contributed by atoms with Gasteiger partial charge in [-0.1, -0.05) is 18.7 Å². The summed E-state index contributed by atoms with van der Waals surface area (Å²) in [4.78, 5) is 15.2. The molecule has 1 heterocycles. The molecule has 5 nitrogen and oxygen atoms in total. The molecule has 0 spiro atoms. The molecule has 0 radical (unpaired) electrons. The van der Waals surface area contributed by atoms with E-state index >= 15 is 0 Å². The van der Waals surface area contributed by atoms with E-state index < -0.39 is 58.3 Å². The summed E-state index contributed by atoms with van der Waals surface area (Å²) in [6, 6.07) is 5.85. The average Bonchev–Trinajstić information content (AvgIpc) is 2.71. The number of nitrogens with one attached hydrogen (secondary N) is 1. The number of aromatic nitrogens is 1. The van der Waals surface area contributed by atoms with E-state index in [1.807, 2.05) is 0 Å². The van der Waals surface area contributed by atoms with Gasteiger partial charge >= 0.3 is 5.97 Å². The molecule has 162 valence electrons. The molecule has 0 aliphatic carbocycles. The van der Waals surface area contributed by atoms with Crippen molar-refractivity contribution in [2.75, 3.05) is 11.1 Å². The van der Waals surface area contributed by atoms with Crippen molar-refractivity contribution in [3.63, 3.8) is 0 Å². The first-order chi connectivity index (χ1) is 14.2. The fraction of sp³-hybridized carbons (Fsp3) is 0.0476. The Bertz CT molecular complexity index is 1170. The van der Waals surface area contributed by atoms with Gasteiger partial charge in [-0.25, -0.2) is 27.3 Å². The third-order valence-electron chi connectivity index (χ3n) is 4.38. The minimum absolute atomic E-state index is 0. The predicted octanol–water partition coefficient (Wildman–Crippen LogP) is 5.32. The Morgan fingerprint density at radius 3 is 2.42 bits per heavy atom. The van der Waals surface area contributed by atoms with Crippen molar-refractivity contribution in [2.24, 2.45) is 0 Å². The molecule has 2 aromatic carbocycles. The Morgan fingerprint density at radius 2 is 1.81 bits per heavy atom. The van der Waals surface area contributed by atoms with Crippen LogP contribution in [0.3, 0.4) is 0 Å². The number of hydrogen-bond acceptors (Lipinski definition) is 4. The van der Waals surface area contributed by atoms with Crippen LogP contribution in [0, 0.1) is 23.3 Å². The third-order valence-corrected chi connectivity index (χ3v) is 4.38. The maximum atomic E-state index is 14.8. The molecule has 0 saturated heterocycles. The largest absolute Gasteiger partial charge is 0.478 e. The summed E-state index contributed by atoms with van der Waals surface area (Å²) in [5.74, 6) is -6.69. The first-order valence-corrected chi connectivity index (χ1v) is 8.55. The molecule has 0 amide bonds. The molecule has 31 heavy (non-hydrogen) atoms. The Balaban J connectivity index is 0.00000341. The van der Waals surface area contributed by atoms with E-state index in [0.717, 1.165) is 12.1 Å². The molecule has 0 bridgehead atoms. The minimum atomic E-state index is -1.59. The van der Waals surface area contributed by atoms with Gasteiger partial charge in [0, 0.05) is 12.6 Å². The second-order valence-electron chi connectivity index (χ2n) is 6.31. The first kappa shape index (κ1) is 23.7. The monoisotopic (exact) mass is 453 g/mol. The highest BCUT2D eigenvalue weighted by molar-refractivity contribution is 5.95. The quantitative estimate of drug-likeness (QED) is 0.440. The van der Waals surface area contributed by atoms with Crippen molar-refractivity contribution in [1.29, 1.82) is 0 Å². The lowest BCUT2D eigenvalue weighted by Crippen LogP contribution is -2.11. The number of pyridine rings is 1. The Kier molecular flexibility index (Phi) is 7.24. The minimum Gasteiger partial charge on any atom is -0.478 e. The van der Waals surface area contributed by atoms with Crippen LogP contribution in [-0.4, -0.2) is 16.1 Å². The number of rotatable bonds is 6. The van der Waals surface area contributed by atoms with E-state index in [4.69, 9.17) is 5.73 Å². The van der Waals surface area contributed by atoms with Gasteiger partial charge in [0.1, 0.15) is 5.82 Å². The van der Waals surface area contributed by atoms with Gasteiger partial charge in [-0.05, 0) is 41.0 Å². The maximum Gasteiger partial charge on any atom is 0.337 e. The zero-order valence-corrected chi connectivity index (χ0v) is 16.6. The van der Waals surface area contributed by atoms with Crippen LogP contribution in [0.25, 0.3) is 6.08 Å². The number of carboxylic acids is 1. The van der Waals surface area contributed by atoms with Crippen molar-refractivity contribution in [1.82, 2.24) is 4.98 Å². The van der Waals surface area contributed by atoms with Gasteiger partial charge in [-0.3, -0.25) is 0 Å². The summed E-state index contributed by atoms with van der Waals surface area (Å²) in [5.41, 5.74) is 3.62. The molecule has 1 aromatic heterocycles. The highest BCUT2D eigenvalue weighted by Gasteiger charge is 2.24. The fourth-order valence-electron chi connectivity index (χ4n) is 2.84. The molecular weight excluding hydrogens is 438 g/mol. The number of halogens is 5. The fourth-order valence-corrected chi connectivity index (χ4v) is 2.84. The van der Waals surface area contributed by atoms with Gasteiger partial charge in [-0.2, -0.15) is 0 Å². The van der Waals surface area contributed by atoms with E-state index in [2.05, 4.69) is 16.9 Å².